The van der Waals surface area contributed by atoms with Crippen LogP contribution in [0.15, 0.2) is 0 Å². The number of carbonyl (C=O) groups is 12. The van der Waals surface area contributed by atoms with Crippen LogP contribution in [-0.4, -0.2) is 261 Å². The maximum Gasteiger partial charge on any atom is 0.393 e. The van der Waals surface area contributed by atoms with Gasteiger partial charge in [0.1, 0.15) is 59.9 Å². The Balaban J connectivity index is 1.27. The van der Waals surface area contributed by atoms with Crippen LogP contribution in [0.1, 0.15) is 208 Å². The molecule has 4 heterocycles. The minimum Gasteiger partial charge on any atom is -0.343 e. The van der Waals surface area contributed by atoms with E-state index < -0.39 is 173 Å². The van der Waals surface area contributed by atoms with Crippen LogP contribution in [0.25, 0.3) is 0 Å². The second-order valence-corrected chi connectivity index (χ2v) is 31.1. The van der Waals surface area contributed by atoms with Crippen molar-refractivity contribution in [3.8, 4) is 0 Å². The van der Waals surface area contributed by atoms with Crippen LogP contribution in [0.4, 0.5) is 13.2 Å². The monoisotopic (exact) mass is 1430 g/mol. The van der Waals surface area contributed by atoms with Crippen LogP contribution in [0.2, 0.25) is 0 Å². The van der Waals surface area contributed by atoms with Gasteiger partial charge in [-0.05, 0) is 127 Å². The molecule has 0 aromatic carbocycles. The SMILES string of the molecule is CCCC[C@H]1C(=O)N[C@@H]([C@@H](C)CC)C(=O)N(C)[C@@H](C)C(=O)N2CC[C@H]2C(=O)N(C)[C@@H](CC2CCCCC2)C(=O)N(C)CC(=O)N[C@@H](CCC2CCC(C(F)(F)F)C(Cl)C2)C(=O)N2CCC[C@H]2C(=O)NC2(CCCC2)C(=O)N(C)[C@@H](C(C)C)C(=O)N(C)[C@H](C(=O)N2CCCCC2)CC(=O)N1C. The Hall–Kier alpha value is -6.28. The largest absolute Gasteiger partial charge is 0.393 e. The van der Waals surface area contributed by atoms with Crippen molar-refractivity contribution in [2.75, 3.05) is 75.0 Å². The summed E-state index contributed by atoms with van der Waals surface area (Å²) >= 11 is 6.41. The molecule has 7 aliphatic rings. The maximum absolute atomic E-state index is 15.5. The van der Waals surface area contributed by atoms with Crippen molar-refractivity contribution >= 4 is 82.5 Å². The van der Waals surface area contributed by atoms with E-state index in [-0.39, 0.29) is 95.6 Å². The fourth-order valence-electron chi connectivity index (χ4n) is 16.5. The molecule has 3 saturated carbocycles. The van der Waals surface area contributed by atoms with E-state index in [2.05, 4.69) is 16.0 Å². The average molecular weight is 1430 g/mol. The Bertz CT molecular complexity index is 2930. The van der Waals surface area contributed by atoms with Gasteiger partial charge >= 0.3 is 6.18 Å². The number of hydrogen-bond donors (Lipinski definition) is 3. The predicted molar refractivity (Wildman–Crippen MR) is 370 cm³/mol. The molecule has 1 spiro atoms. The fraction of sp³-hybridized carbons (Fsp3) is 0.833. The number of fused-ring (bicyclic) bond motifs is 2. The number of unbranched alkanes of at least 4 members (excludes halogenated alkanes) is 1. The van der Waals surface area contributed by atoms with Gasteiger partial charge in [-0.1, -0.05) is 98.8 Å². The Morgan fingerprint density at radius 2 is 1.24 bits per heavy atom. The molecule has 12 amide bonds. The van der Waals surface area contributed by atoms with E-state index in [1.54, 1.807) is 25.7 Å². The molecule has 3 N–H and O–H groups in total. The lowest BCUT2D eigenvalue weighted by atomic mass is 9.78. The second-order valence-electron chi connectivity index (χ2n) is 30.6. The lowest BCUT2D eigenvalue weighted by Crippen LogP contribution is -2.65. The molecule has 100 heavy (non-hydrogen) atoms. The molecular weight excluding hydrogens is 1320 g/mol. The number of likely N-dealkylation sites (tertiary alicyclic amines) is 1. The van der Waals surface area contributed by atoms with Gasteiger partial charge < -0.3 is 60.0 Å². The first-order chi connectivity index (χ1) is 47.2. The van der Waals surface area contributed by atoms with Crippen molar-refractivity contribution in [3.05, 3.63) is 0 Å². The lowest BCUT2D eigenvalue weighted by molar-refractivity contribution is -0.182. The summed E-state index contributed by atoms with van der Waals surface area (Å²) in [4.78, 5) is 192. The lowest BCUT2D eigenvalue weighted by Gasteiger charge is -2.45. The molecule has 7 fully saturated rings. The number of halogens is 4. The molecule has 24 nitrogen and oxygen atoms in total. The van der Waals surface area contributed by atoms with Crippen LogP contribution in [0.3, 0.4) is 0 Å². The number of hydrogen-bond acceptors (Lipinski definition) is 12. The van der Waals surface area contributed by atoms with E-state index in [0.717, 1.165) is 38.5 Å². The van der Waals surface area contributed by atoms with Gasteiger partial charge in [0, 0.05) is 73.8 Å². The summed E-state index contributed by atoms with van der Waals surface area (Å²) in [5.41, 5.74) is -1.56. The zero-order chi connectivity index (χ0) is 73.8. The first-order valence-electron chi connectivity index (χ1n) is 37.3. The van der Waals surface area contributed by atoms with Crippen molar-refractivity contribution in [2.45, 2.75) is 280 Å². The first-order valence-corrected chi connectivity index (χ1v) is 37.7. The molecule has 3 aliphatic carbocycles. The van der Waals surface area contributed by atoms with Crippen molar-refractivity contribution in [3.63, 3.8) is 0 Å². The van der Waals surface area contributed by atoms with Crippen LogP contribution in [0.5, 0.6) is 0 Å². The van der Waals surface area contributed by atoms with Crippen LogP contribution >= 0.6 is 11.6 Å². The number of amides is 12. The van der Waals surface area contributed by atoms with E-state index in [0.29, 0.717) is 64.5 Å². The molecule has 28 heteroatoms. The van der Waals surface area contributed by atoms with Crippen molar-refractivity contribution in [1.82, 2.24) is 60.0 Å². The van der Waals surface area contributed by atoms with E-state index >= 15 is 24.0 Å². The minimum absolute atomic E-state index is 0.00167. The van der Waals surface area contributed by atoms with Gasteiger partial charge in [0.2, 0.25) is 70.9 Å². The highest BCUT2D eigenvalue weighted by Crippen LogP contribution is 2.44. The second kappa shape index (κ2) is 35.7. The van der Waals surface area contributed by atoms with Gasteiger partial charge in [0.15, 0.2) is 0 Å². The number of rotatable bonds is 12. The highest BCUT2D eigenvalue weighted by molar-refractivity contribution is 6.21. The molecule has 4 aliphatic heterocycles. The van der Waals surface area contributed by atoms with E-state index in [4.69, 9.17) is 11.6 Å². The third-order valence-electron chi connectivity index (χ3n) is 23.4. The van der Waals surface area contributed by atoms with Crippen molar-refractivity contribution in [2.24, 2.45) is 29.6 Å². The van der Waals surface area contributed by atoms with Crippen LogP contribution < -0.4 is 16.0 Å². The standard InChI is InChI=1S/C72H116ClF3N12O12/c1-13-15-27-52-61(91)78-59(45(5)14-2)68(98)81(8)46(6)63(93)88-39-33-54(88)66(96)83(10)55(41-47-25-18-16-19-26-47)65(95)80(7)43-57(89)77-51(32-30-48-29-31-49(50(73)40-48)72(74,75)76)64(94)87-38-24-28-53(87)62(92)79-71(34-20-21-35-71)70(100)85(12)60(44(3)4)69(99)84(11)56(42-58(90)82(52)9)67(97)86-36-22-17-23-37-86/h44-56,59-60H,13-43H2,1-12H3,(H,77,89)(H,78,91)(H,79,92)/t45-,46-,48?,49?,50?,51-,52-,53-,54-,55-,56-,59-,60-/m0/s1. The topological polar surface area (TPSA) is 270 Å². The molecule has 564 valence electrons. The Labute approximate surface area is 595 Å². The number of alkyl halides is 4. The number of nitrogens with one attached hydrogen (secondary N) is 3. The summed E-state index contributed by atoms with van der Waals surface area (Å²) < 4.78 is 42.0. The minimum atomic E-state index is -4.51. The molecule has 0 radical (unpaired) electrons. The van der Waals surface area contributed by atoms with E-state index in [1.807, 2.05) is 13.8 Å². The highest BCUT2D eigenvalue weighted by atomic mass is 35.5. The van der Waals surface area contributed by atoms with Gasteiger partial charge in [-0.25, -0.2) is 0 Å². The predicted octanol–water partition coefficient (Wildman–Crippen LogP) is 6.24. The van der Waals surface area contributed by atoms with Crippen molar-refractivity contribution < 1.29 is 70.7 Å². The number of piperidine rings is 1. The summed E-state index contributed by atoms with van der Waals surface area (Å²) in [5.74, 6) is -10.5. The van der Waals surface area contributed by atoms with Crippen LogP contribution in [-0.2, 0) is 57.5 Å². The fourth-order valence-corrected chi connectivity index (χ4v) is 17.0. The summed E-state index contributed by atoms with van der Waals surface area (Å²) in [5, 5.41) is 7.62. The molecule has 3 unspecified atom stereocenters. The molecule has 0 aromatic heterocycles. The number of likely N-dealkylation sites (N-methyl/N-ethyl adjacent to an activating group) is 6. The van der Waals surface area contributed by atoms with E-state index in [1.165, 1.54) is 88.4 Å². The summed E-state index contributed by atoms with van der Waals surface area (Å²) in [6.07, 6.45) is 5.78. The van der Waals surface area contributed by atoms with E-state index in [9.17, 15) is 46.7 Å². The van der Waals surface area contributed by atoms with Gasteiger partial charge in [0.05, 0.1) is 18.9 Å². The third-order valence-corrected chi connectivity index (χ3v) is 23.9. The molecular formula is C72H116ClF3N12O12. The Morgan fingerprint density at radius 1 is 0.600 bits per heavy atom. The smallest absolute Gasteiger partial charge is 0.343 e. The maximum atomic E-state index is 15.5. The van der Waals surface area contributed by atoms with Gasteiger partial charge in [-0.15, -0.1) is 11.6 Å². The first kappa shape index (κ1) is 81.0. The Kier molecular flexibility index (Phi) is 29.0. The average Bonchev–Trinajstić information content (AvgIpc) is 1.22. The zero-order valence-electron chi connectivity index (χ0n) is 61.5. The molecule has 7 rings (SSSR count). The summed E-state index contributed by atoms with van der Waals surface area (Å²) in [6, 6.07) is -10.8. The molecule has 4 saturated heterocycles. The van der Waals surface area contributed by atoms with Crippen LogP contribution in [0, 0.1) is 29.6 Å². The van der Waals surface area contributed by atoms with Gasteiger partial charge in [-0.2, -0.15) is 13.2 Å². The van der Waals surface area contributed by atoms with Gasteiger partial charge in [0.25, 0.3) is 0 Å². The number of carbonyl (C=O) groups excluding carboxylic acids is 12. The molecule has 0 bridgehead atoms. The van der Waals surface area contributed by atoms with Gasteiger partial charge in [-0.3, -0.25) is 57.5 Å². The quantitative estimate of drug-likeness (QED) is 0.184. The molecule has 13 atom stereocenters. The third kappa shape index (κ3) is 19.1. The summed E-state index contributed by atoms with van der Waals surface area (Å²) in [7, 11) is 8.69. The zero-order valence-corrected chi connectivity index (χ0v) is 62.3. The highest BCUT2D eigenvalue weighted by Gasteiger charge is 2.52. The molecule has 0 aromatic rings. The number of nitrogens with zero attached hydrogens (tertiary/aromatic N) is 9. The summed E-state index contributed by atoms with van der Waals surface area (Å²) in [6.45, 7) is 11.0. The Morgan fingerprint density at radius 3 is 1.83 bits per heavy atom. The normalized spacial score (nSPS) is 30.9. The van der Waals surface area contributed by atoms with Crippen molar-refractivity contribution in [1.29, 1.82) is 0 Å².